The van der Waals surface area contributed by atoms with Gasteiger partial charge >= 0.3 is 5.97 Å². The zero-order chi connectivity index (χ0) is 14.7. The van der Waals surface area contributed by atoms with E-state index in [4.69, 9.17) is 4.74 Å². The number of fused-ring (bicyclic) bond motifs is 1. The Kier molecular flexibility index (Phi) is 4.13. The first kappa shape index (κ1) is 14.2. The number of para-hydroxylation sites is 1. The topological polar surface area (TPSA) is 56.3 Å². The first-order valence-electron chi connectivity index (χ1n) is 6.49. The van der Waals surface area contributed by atoms with Crippen molar-refractivity contribution in [1.29, 1.82) is 0 Å². The molecule has 104 valence electrons. The highest BCUT2D eigenvalue weighted by atomic mass is 16.5. The van der Waals surface area contributed by atoms with Gasteiger partial charge in [0.25, 0.3) is 0 Å². The molecular formula is C16H17NO3. The molecule has 0 N–H and O–H groups in total. The van der Waals surface area contributed by atoms with Gasteiger partial charge in [0.1, 0.15) is 6.61 Å². The van der Waals surface area contributed by atoms with Crippen molar-refractivity contribution in [3.63, 3.8) is 0 Å². The van der Waals surface area contributed by atoms with E-state index in [0.717, 1.165) is 27.7 Å². The summed E-state index contributed by atoms with van der Waals surface area (Å²) in [5.74, 6) is -0.563. The van der Waals surface area contributed by atoms with Crippen LogP contribution in [0.1, 0.15) is 23.7 Å². The van der Waals surface area contributed by atoms with Gasteiger partial charge in [-0.1, -0.05) is 18.2 Å². The molecule has 0 fully saturated rings. The standard InChI is InChI=1S/C16H17NO3/c1-10(18)9-20-16(19)8-14-11(2)13-6-4-5-7-15(13)17-12(14)3/h4-7H,8-9H2,1-3H3. The molecule has 4 nitrogen and oxygen atoms in total. The summed E-state index contributed by atoms with van der Waals surface area (Å²) in [6, 6.07) is 7.83. The van der Waals surface area contributed by atoms with E-state index in [9.17, 15) is 9.59 Å². The fourth-order valence-electron chi connectivity index (χ4n) is 2.21. The first-order valence-corrected chi connectivity index (χ1v) is 6.49. The van der Waals surface area contributed by atoms with Gasteiger partial charge in [0.15, 0.2) is 5.78 Å². The van der Waals surface area contributed by atoms with E-state index >= 15 is 0 Å². The van der Waals surface area contributed by atoms with Gasteiger partial charge in [-0.05, 0) is 38.0 Å². The fraction of sp³-hybridized carbons (Fsp3) is 0.312. The number of carbonyl (C=O) groups is 2. The van der Waals surface area contributed by atoms with Crippen molar-refractivity contribution >= 4 is 22.7 Å². The first-order chi connectivity index (χ1) is 9.49. The Morgan fingerprint density at radius 1 is 1.20 bits per heavy atom. The Bertz CT molecular complexity index is 677. The van der Waals surface area contributed by atoms with Gasteiger partial charge in [0, 0.05) is 11.1 Å². The average molecular weight is 271 g/mol. The summed E-state index contributed by atoms with van der Waals surface area (Å²) in [6.45, 7) is 5.08. The molecule has 1 aromatic heterocycles. The van der Waals surface area contributed by atoms with Gasteiger partial charge in [-0.15, -0.1) is 0 Å². The SMILES string of the molecule is CC(=O)COC(=O)Cc1c(C)nc2ccccc2c1C. The molecule has 0 aliphatic carbocycles. The van der Waals surface area contributed by atoms with Crippen molar-refractivity contribution in [3.05, 3.63) is 41.1 Å². The maximum absolute atomic E-state index is 11.8. The van der Waals surface area contributed by atoms with Crippen LogP contribution in [0.15, 0.2) is 24.3 Å². The molecule has 1 aromatic carbocycles. The largest absolute Gasteiger partial charge is 0.457 e. The minimum atomic E-state index is -0.400. The van der Waals surface area contributed by atoms with E-state index in [2.05, 4.69) is 4.98 Å². The van der Waals surface area contributed by atoms with Gasteiger partial charge < -0.3 is 4.74 Å². The molecule has 2 rings (SSSR count). The summed E-state index contributed by atoms with van der Waals surface area (Å²) in [7, 11) is 0. The molecule has 0 atom stereocenters. The van der Waals surface area contributed by atoms with E-state index in [0.29, 0.717) is 0 Å². The minimum Gasteiger partial charge on any atom is -0.457 e. The number of hydrogen-bond donors (Lipinski definition) is 0. The number of hydrogen-bond acceptors (Lipinski definition) is 4. The van der Waals surface area contributed by atoms with Gasteiger partial charge in [0.05, 0.1) is 11.9 Å². The smallest absolute Gasteiger partial charge is 0.310 e. The Morgan fingerprint density at radius 3 is 2.60 bits per heavy atom. The molecule has 0 saturated carbocycles. The number of ether oxygens (including phenoxy) is 1. The molecule has 0 amide bonds. The molecule has 0 radical (unpaired) electrons. The number of benzene rings is 1. The lowest BCUT2D eigenvalue weighted by Gasteiger charge is -2.12. The number of pyridine rings is 1. The summed E-state index contributed by atoms with van der Waals surface area (Å²) in [5, 5.41) is 1.03. The van der Waals surface area contributed by atoms with Crippen LogP contribution in [0.2, 0.25) is 0 Å². The predicted molar refractivity (Wildman–Crippen MR) is 76.6 cm³/mol. The highest BCUT2D eigenvalue weighted by Gasteiger charge is 2.14. The van der Waals surface area contributed by atoms with Crippen LogP contribution in [-0.2, 0) is 20.7 Å². The maximum atomic E-state index is 11.8. The Hall–Kier alpha value is -2.23. The predicted octanol–water partition coefficient (Wildman–Crippen LogP) is 2.53. The van der Waals surface area contributed by atoms with Crippen molar-refractivity contribution in [2.75, 3.05) is 6.61 Å². The molecule has 0 unspecified atom stereocenters. The van der Waals surface area contributed by atoms with Crippen molar-refractivity contribution in [2.24, 2.45) is 0 Å². The van der Waals surface area contributed by atoms with Crippen LogP contribution < -0.4 is 0 Å². The van der Waals surface area contributed by atoms with Crippen molar-refractivity contribution in [2.45, 2.75) is 27.2 Å². The highest BCUT2D eigenvalue weighted by Crippen LogP contribution is 2.23. The monoisotopic (exact) mass is 271 g/mol. The molecular weight excluding hydrogens is 254 g/mol. The number of nitrogens with zero attached hydrogens (tertiary/aromatic N) is 1. The summed E-state index contributed by atoms with van der Waals surface area (Å²) in [4.78, 5) is 27.1. The molecule has 0 spiro atoms. The van der Waals surface area contributed by atoms with E-state index in [1.54, 1.807) is 0 Å². The van der Waals surface area contributed by atoms with Crippen LogP contribution >= 0.6 is 0 Å². The molecule has 2 aromatic rings. The van der Waals surface area contributed by atoms with Gasteiger partial charge in [-0.2, -0.15) is 0 Å². The number of rotatable bonds is 4. The lowest BCUT2D eigenvalue weighted by molar-refractivity contribution is -0.146. The molecule has 1 heterocycles. The summed E-state index contributed by atoms with van der Waals surface area (Å²) >= 11 is 0. The second kappa shape index (κ2) is 5.82. The Balaban J connectivity index is 2.30. The Labute approximate surface area is 117 Å². The molecule has 0 bridgehead atoms. The fourth-order valence-corrected chi connectivity index (χ4v) is 2.21. The van der Waals surface area contributed by atoms with E-state index in [1.165, 1.54) is 6.92 Å². The van der Waals surface area contributed by atoms with Gasteiger partial charge in [-0.25, -0.2) is 0 Å². The third kappa shape index (κ3) is 3.02. The van der Waals surface area contributed by atoms with Crippen LogP contribution in [0.4, 0.5) is 0 Å². The molecule has 0 aliphatic heterocycles. The van der Waals surface area contributed by atoms with E-state index in [-0.39, 0.29) is 18.8 Å². The van der Waals surface area contributed by atoms with Crippen LogP contribution in [0, 0.1) is 13.8 Å². The number of Topliss-reactive ketones (excluding diaryl/α,β-unsaturated/α-hetero) is 1. The lowest BCUT2D eigenvalue weighted by Crippen LogP contribution is -2.15. The number of aromatic nitrogens is 1. The van der Waals surface area contributed by atoms with Crippen molar-refractivity contribution < 1.29 is 14.3 Å². The average Bonchev–Trinajstić information content (AvgIpc) is 2.41. The molecule has 0 saturated heterocycles. The zero-order valence-electron chi connectivity index (χ0n) is 11.9. The molecule has 20 heavy (non-hydrogen) atoms. The number of esters is 1. The third-order valence-electron chi connectivity index (χ3n) is 3.24. The summed E-state index contributed by atoms with van der Waals surface area (Å²) in [6.07, 6.45) is 0.142. The molecule has 4 heteroatoms. The van der Waals surface area contributed by atoms with E-state index in [1.807, 2.05) is 38.1 Å². The van der Waals surface area contributed by atoms with Crippen LogP contribution in [0.25, 0.3) is 10.9 Å². The van der Waals surface area contributed by atoms with Gasteiger partial charge in [-0.3, -0.25) is 14.6 Å². The van der Waals surface area contributed by atoms with E-state index < -0.39 is 5.97 Å². The summed E-state index contributed by atoms with van der Waals surface area (Å²) in [5.41, 5.74) is 3.65. The van der Waals surface area contributed by atoms with Crippen LogP contribution in [-0.4, -0.2) is 23.3 Å². The second-order valence-electron chi connectivity index (χ2n) is 4.86. The highest BCUT2D eigenvalue weighted by molar-refractivity contribution is 5.86. The number of aryl methyl sites for hydroxylation is 2. The normalized spacial score (nSPS) is 10.6. The van der Waals surface area contributed by atoms with Gasteiger partial charge in [0.2, 0.25) is 0 Å². The Morgan fingerprint density at radius 2 is 1.90 bits per heavy atom. The van der Waals surface area contributed by atoms with Crippen LogP contribution in [0.5, 0.6) is 0 Å². The minimum absolute atomic E-state index is 0.142. The number of ketones is 1. The second-order valence-corrected chi connectivity index (χ2v) is 4.86. The van der Waals surface area contributed by atoms with Crippen LogP contribution in [0.3, 0.4) is 0 Å². The zero-order valence-corrected chi connectivity index (χ0v) is 11.9. The third-order valence-corrected chi connectivity index (χ3v) is 3.24. The van der Waals surface area contributed by atoms with Crippen molar-refractivity contribution in [1.82, 2.24) is 4.98 Å². The number of carbonyl (C=O) groups excluding carboxylic acids is 2. The lowest BCUT2D eigenvalue weighted by atomic mass is 10.00. The summed E-state index contributed by atoms with van der Waals surface area (Å²) < 4.78 is 4.91. The van der Waals surface area contributed by atoms with Crippen molar-refractivity contribution in [3.8, 4) is 0 Å². The molecule has 0 aliphatic rings. The quantitative estimate of drug-likeness (QED) is 0.802. The maximum Gasteiger partial charge on any atom is 0.310 e.